The van der Waals surface area contributed by atoms with E-state index in [1.165, 1.54) is 11.3 Å². The zero-order valence-electron chi connectivity index (χ0n) is 12.4. The Bertz CT molecular complexity index is 658. The van der Waals surface area contributed by atoms with Gasteiger partial charge in [-0.3, -0.25) is 9.59 Å². The van der Waals surface area contributed by atoms with Gasteiger partial charge in [-0.1, -0.05) is 0 Å². The van der Waals surface area contributed by atoms with Gasteiger partial charge in [0.15, 0.2) is 5.78 Å². The second-order valence-corrected chi connectivity index (χ2v) is 7.31. The van der Waals surface area contributed by atoms with E-state index in [1.807, 2.05) is 32.2 Å². The van der Waals surface area contributed by atoms with Crippen molar-refractivity contribution in [3.63, 3.8) is 0 Å². The van der Waals surface area contributed by atoms with Crippen LogP contribution in [-0.4, -0.2) is 16.7 Å². The lowest BCUT2D eigenvalue weighted by Gasteiger charge is -2.03. The molecule has 0 saturated heterocycles. The molecule has 4 nitrogen and oxygen atoms in total. The highest BCUT2D eigenvalue weighted by Crippen LogP contribution is 2.22. The first kappa shape index (κ1) is 15.9. The van der Waals surface area contributed by atoms with Gasteiger partial charge in [-0.15, -0.1) is 22.7 Å². The molecule has 1 amide bonds. The maximum absolute atomic E-state index is 12.1. The molecule has 0 fully saturated rings. The Balaban J connectivity index is 1.78. The molecule has 0 radical (unpaired) electrons. The van der Waals surface area contributed by atoms with Gasteiger partial charge in [0.25, 0.3) is 0 Å². The Kier molecular flexibility index (Phi) is 5.25. The lowest BCUT2D eigenvalue weighted by atomic mass is 10.1. The summed E-state index contributed by atoms with van der Waals surface area (Å²) in [5.74, 6) is -0.0714. The SMILES string of the molecule is Cc1csc(CNC(=O)CCC(=O)c2cc(C)sc2C)n1. The number of carbonyl (C=O) groups excluding carboxylic acids is 2. The monoisotopic (exact) mass is 322 g/mol. The van der Waals surface area contributed by atoms with Crippen LogP contribution in [0.5, 0.6) is 0 Å². The first-order valence-corrected chi connectivity index (χ1v) is 8.43. The van der Waals surface area contributed by atoms with E-state index in [-0.39, 0.29) is 24.5 Å². The fraction of sp³-hybridized carbons (Fsp3) is 0.400. The Morgan fingerprint density at radius 3 is 2.57 bits per heavy atom. The molecule has 0 unspecified atom stereocenters. The lowest BCUT2D eigenvalue weighted by molar-refractivity contribution is -0.121. The van der Waals surface area contributed by atoms with Gasteiger partial charge in [0.2, 0.25) is 5.91 Å². The van der Waals surface area contributed by atoms with Crippen LogP contribution >= 0.6 is 22.7 Å². The molecule has 0 aliphatic rings. The highest BCUT2D eigenvalue weighted by atomic mass is 32.1. The summed E-state index contributed by atoms with van der Waals surface area (Å²) < 4.78 is 0. The minimum atomic E-state index is -0.110. The van der Waals surface area contributed by atoms with Crippen LogP contribution in [0.1, 0.15) is 43.7 Å². The van der Waals surface area contributed by atoms with Gasteiger partial charge in [-0.2, -0.15) is 0 Å². The minimum Gasteiger partial charge on any atom is -0.350 e. The molecule has 0 saturated carbocycles. The van der Waals surface area contributed by atoms with E-state index >= 15 is 0 Å². The van der Waals surface area contributed by atoms with Crippen LogP contribution in [0, 0.1) is 20.8 Å². The van der Waals surface area contributed by atoms with Crippen LogP contribution in [-0.2, 0) is 11.3 Å². The minimum absolute atomic E-state index is 0.0390. The number of Topliss-reactive ketones (excluding diaryl/α,β-unsaturated/α-hetero) is 1. The van der Waals surface area contributed by atoms with Gasteiger partial charge in [-0.25, -0.2) is 4.98 Å². The number of amides is 1. The summed E-state index contributed by atoms with van der Waals surface area (Å²) in [6.45, 7) is 6.28. The number of hydrogen-bond donors (Lipinski definition) is 1. The molecule has 0 aromatic carbocycles. The molecule has 0 aliphatic heterocycles. The maximum Gasteiger partial charge on any atom is 0.220 e. The van der Waals surface area contributed by atoms with Crippen LogP contribution < -0.4 is 5.32 Å². The molecule has 2 aromatic heterocycles. The van der Waals surface area contributed by atoms with E-state index in [1.54, 1.807) is 11.3 Å². The van der Waals surface area contributed by atoms with Crippen molar-refractivity contribution in [2.45, 2.75) is 40.2 Å². The van der Waals surface area contributed by atoms with Gasteiger partial charge in [0.05, 0.1) is 6.54 Å². The Hall–Kier alpha value is -1.53. The first-order valence-electron chi connectivity index (χ1n) is 6.73. The predicted molar refractivity (Wildman–Crippen MR) is 86.1 cm³/mol. The first-order chi connectivity index (χ1) is 9.95. The number of hydrogen-bond acceptors (Lipinski definition) is 5. The molecule has 112 valence electrons. The number of thiazole rings is 1. The van der Waals surface area contributed by atoms with Gasteiger partial charge in [0, 0.05) is 39.2 Å². The molecule has 0 spiro atoms. The van der Waals surface area contributed by atoms with Crippen molar-refractivity contribution in [1.29, 1.82) is 0 Å². The number of aromatic nitrogens is 1. The van der Waals surface area contributed by atoms with Crippen molar-refractivity contribution in [2.24, 2.45) is 0 Å². The van der Waals surface area contributed by atoms with Crippen molar-refractivity contribution in [1.82, 2.24) is 10.3 Å². The molecule has 0 bridgehead atoms. The van der Waals surface area contributed by atoms with Crippen LogP contribution in [0.4, 0.5) is 0 Å². The predicted octanol–water partition coefficient (Wildman–Crippen LogP) is 3.41. The number of nitrogens with zero attached hydrogens (tertiary/aromatic N) is 1. The number of aryl methyl sites for hydroxylation is 3. The topological polar surface area (TPSA) is 59.1 Å². The third-order valence-corrected chi connectivity index (χ3v) is 4.96. The number of nitrogens with one attached hydrogen (secondary N) is 1. The molecule has 0 aliphatic carbocycles. The summed E-state index contributed by atoms with van der Waals surface area (Å²) in [6, 6.07) is 1.90. The quantitative estimate of drug-likeness (QED) is 0.829. The zero-order valence-corrected chi connectivity index (χ0v) is 14.0. The second-order valence-electron chi connectivity index (χ2n) is 4.91. The summed E-state index contributed by atoms with van der Waals surface area (Å²) >= 11 is 3.14. The fourth-order valence-electron chi connectivity index (χ4n) is 2.02. The summed E-state index contributed by atoms with van der Waals surface area (Å²) in [5.41, 5.74) is 1.71. The number of thiophene rings is 1. The molecular formula is C15H18N2O2S2. The summed E-state index contributed by atoms with van der Waals surface area (Å²) in [4.78, 5) is 30.3. The fourth-order valence-corrected chi connectivity index (χ4v) is 3.67. The highest BCUT2D eigenvalue weighted by Gasteiger charge is 2.13. The Labute approximate surface area is 132 Å². The van der Waals surface area contributed by atoms with Crippen LogP contribution in [0.15, 0.2) is 11.4 Å². The van der Waals surface area contributed by atoms with Crippen LogP contribution in [0.2, 0.25) is 0 Å². The van der Waals surface area contributed by atoms with Crippen LogP contribution in [0.25, 0.3) is 0 Å². The maximum atomic E-state index is 12.1. The van der Waals surface area contributed by atoms with Crippen molar-refractivity contribution in [2.75, 3.05) is 0 Å². The summed E-state index contributed by atoms with van der Waals surface area (Å²) in [5, 5.41) is 5.64. The normalized spacial score (nSPS) is 10.6. The average Bonchev–Trinajstić information content (AvgIpc) is 2.99. The third kappa shape index (κ3) is 4.47. The molecule has 2 rings (SSSR count). The van der Waals surface area contributed by atoms with E-state index in [4.69, 9.17) is 0 Å². The van der Waals surface area contributed by atoms with E-state index < -0.39 is 0 Å². The van der Waals surface area contributed by atoms with Gasteiger partial charge in [-0.05, 0) is 26.8 Å². The molecule has 2 aromatic rings. The highest BCUT2D eigenvalue weighted by molar-refractivity contribution is 7.12. The smallest absolute Gasteiger partial charge is 0.220 e. The standard InChI is InChI=1S/C15H18N2O2S2/c1-9-8-20-15(17-9)7-16-14(19)5-4-13(18)12-6-10(2)21-11(12)3/h6,8H,4-5,7H2,1-3H3,(H,16,19). The van der Waals surface area contributed by atoms with Crippen molar-refractivity contribution in [3.05, 3.63) is 37.5 Å². The second kappa shape index (κ2) is 6.95. The van der Waals surface area contributed by atoms with Gasteiger partial charge < -0.3 is 5.32 Å². The largest absolute Gasteiger partial charge is 0.350 e. The van der Waals surface area contributed by atoms with Crippen molar-refractivity contribution in [3.8, 4) is 0 Å². The zero-order chi connectivity index (χ0) is 15.4. The Morgan fingerprint density at radius 2 is 2.00 bits per heavy atom. The number of carbonyl (C=O) groups is 2. The van der Waals surface area contributed by atoms with E-state index in [0.717, 1.165) is 26.0 Å². The number of ketones is 1. The Morgan fingerprint density at radius 1 is 1.24 bits per heavy atom. The van der Waals surface area contributed by atoms with Gasteiger partial charge >= 0.3 is 0 Å². The summed E-state index contributed by atoms with van der Waals surface area (Å²) in [7, 11) is 0. The van der Waals surface area contributed by atoms with Crippen LogP contribution in [0.3, 0.4) is 0 Å². The lowest BCUT2D eigenvalue weighted by Crippen LogP contribution is -2.23. The number of rotatable bonds is 6. The van der Waals surface area contributed by atoms with E-state index in [2.05, 4.69) is 10.3 Å². The molecular weight excluding hydrogens is 304 g/mol. The summed E-state index contributed by atoms with van der Waals surface area (Å²) in [6.07, 6.45) is 0.470. The average molecular weight is 322 g/mol. The van der Waals surface area contributed by atoms with Gasteiger partial charge in [0.1, 0.15) is 5.01 Å². The molecule has 21 heavy (non-hydrogen) atoms. The molecule has 0 atom stereocenters. The van der Waals surface area contributed by atoms with E-state index in [9.17, 15) is 9.59 Å². The van der Waals surface area contributed by atoms with Crippen molar-refractivity contribution < 1.29 is 9.59 Å². The van der Waals surface area contributed by atoms with Crippen molar-refractivity contribution >= 4 is 34.4 Å². The molecule has 1 N–H and O–H groups in total. The molecule has 6 heteroatoms. The van der Waals surface area contributed by atoms with E-state index in [0.29, 0.717) is 6.54 Å². The molecule has 2 heterocycles. The third-order valence-electron chi connectivity index (χ3n) is 3.02.